The van der Waals surface area contributed by atoms with E-state index in [2.05, 4.69) is 19.1 Å². The highest BCUT2D eigenvalue weighted by Gasteiger charge is 2.42. The SMILES string of the molecule is Cc1ccsc1C1CC(=O)N(c2sc3c(c2C#N)CCCCC3)C2=C1C(=O)CCC2. The van der Waals surface area contributed by atoms with E-state index in [1.54, 1.807) is 27.6 Å². The van der Waals surface area contributed by atoms with Crippen molar-refractivity contribution in [3.05, 3.63) is 49.2 Å². The average molecular weight is 437 g/mol. The van der Waals surface area contributed by atoms with Crippen molar-refractivity contribution in [1.29, 1.82) is 5.26 Å². The molecule has 0 spiro atoms. The Labute approximate surface area is 184 Å². The number of aryl methyl sites for hydroxylation is 2. The lowest BCUT2D eigenvalue weighted by atomic mass is 9.79. The number of anilines is 1. The summed E-state index contributed by atoms with van der Waals surface area (Å²) in [6.45, 7) is 2.06. The molecular formula is C24H24N2O2S2. The highest BCUT2D eigenvalue weighted by Crippen LogP contribution is 2.48. The van der Waals surface area contributed by atoms with Crippen LogP contribution < -0.4 is 4.90 Å². The Morgan fingerprint density at radius 1 is 1.10 bits per heavy atom. The number of Topliss-reactive ketones (excluding diaryl/α,β-unsaturated/α-hetero) is 1. The molecule has 1 aliphatic heterocycles. The third kappa shape index (κ3) is 3.07. The van der Waals surface area contributed by atoms with E-state index in [1.165, 1.54) is 11.3 Å². The van der Waals surface area contributed by atoms with Gasteiger partial charge in [0, 0.05) is 39.8 Å². The second-order valence-electron chi connectivity index (χ2n) is 8.45. The third-order valence-corrected chi connectivity index (χ3v) is 9.02. The molecule has 0 bridgehead atoms. The molecule has 2 aromatic rings. The first kappa shape index (κ1) is 19.7. The molecule has 0 aromatic carbocycles. The van der Waals surface area contributed by atoms with Crippen LogP contribution in [0, 0.1) is 18.3 Å². The summed E-state index contributed by atoms with van der Waals surface area (Å²) in [6.07, 6.45) is 7.67. The lowest BCUT2D eigenvalue weighted by Gasteiger charge is -2.37. The van der Waals surface area contributed by atoms with Crippen LogP contribution in [0.3, 0.4) is 0 Å². The van der Waals surface area contributed by atoms with E-state index in [0.29, 0.717) is 18.4 Å². The van der Waals surface area contributed by atoms with E-state index in [1.807, 2.05) is 5.38 Å². The van der Waals surface area contributed by atoms with Gasteiger partial charge in [-0.25, -0.2) is 0 Å². The molecule has 4 nitrogen and oxygen atoms in total. The summed E-state index contributed by atoms with van der Waals surface area (Å²) in [6, 6.07) is 4.48. The fourth-order valence-electron chi connectivity index (χ4n) is 5.19. The minimum absolute atomic E-state index is 0.0224. The van der Waals surface area contributed by atoms with Crippen molar-refractivity contribution in [2.24, 2.45) is 0 Å². The number of thiophene rings is 2. The molecule has 154 valence electrons. The maximum atomic E-state index is 13.5. The van der Waals surface area contributed by atoms with E-state index in [0.717, 1.165) is 70.8 Å². The Bertz CT molecular complexity index is 1110. The molecule has 0 radical (unpaired) electrons. The van der Waals surface area contributed by atoms with Crippen LogP contribution >= 0.6 is 22.7 Å². The van der Waals surface area contributed by atoms with Gasteiger partial charge in [-0.05, 0) is 68.0 Å². The molecule has 0 N–H and O–H groups in total. The fraction of sp³-hybridized carbons (Fsp3) is 0.458. The van der Waals surface area contributed by atoms with Gasteiger partial charge in [0.15, 0.2) is 5.78 Å². The number of carbonyl (C=O) groups is 2. The number of ketones is 1. The van der Waals surface area contributed by atoms with Gasteiger partial charge >= 0.3 is 0 Å². The predicted octanol–water partition coefficient (Wildman–Crippen LogP) is 5.79. The Morgan fingerprint density at radius 2 is 1.93 bits per heavy atom. The van der Waals surface area contributed by atoms with Crippen molar-refractivity contribution >= 4 is 39.4 Å². The third-order valence-electron chi connectivity index (χ3n) is 6.61. The minimum Gasteiger partial charge on any atom is -0.294 e. The topological polar surface area (TPSA) is 61.2 Å². The van der Waals surface area contributed by atoms with Gasteiger partial charge in [-0.1, -0.05) is 6.42 Å². The van der Waals surface area contributed by atoms with Crippen molar-refractivity contribution < 1.29 is 9.59 Å². The van der Waals surface area contributed by atoms with Gasteiger partial charge in [0.25, 0.3) is 0 Å². The van der Waals surface area contributed by atoms with Gasteiger partial charge in [-0.3, -0.25) is 14.5 Å². The smallest absolute Gasteiger partial charge is 0.232 e. The number of amides is 1. The van der Waals surface area contributed by atoms with Gasteiger partial charge in [-0.15, -0.1) is 22.7 Å². The van der Waals surface area contributed by atoms with Gasteiger partial charge in [-0.2, -0.15) is 5.26 Å². The summed E-state index contributed by atoms with van der Waals surface area (Å²) < 4.78 is 0. The van der Waals surface area contributed by atoms with Crippen LogP contribution in [0.2, 0.25) is 0 Å². The number of nitrogens with zero attached hydrogens (tertiary/aromatic N) is 2. The van der Waals surface area contributed by atoms with Crippen molar-refractivity contribution in [2.45, 2.75) is 70.6 Å². The van der Waals surface area contributed by atoms with E-state index in [4.69, 9.17) is 0 Å². The van der Waals surface area contributed by atoms with Gasteiger partial charge in [0.1, 0.15) is 11.1 Å². The molecule has 3 heterocycles. The molecule has 0 saturated carbocycles. The van der Waals surface area contributed by atoms with Gasteiger partial charge in [0.05, 0.1) is 5.56 Å². The Hall–Kier alpha value is -2.23. The largest absolute Gasteiger partial charge is 0.294 e. The van der Waals surface area contributed by atoms with E-state index in [-0.39, 0.29) is 17.6 Å². The van der Waals surface area contributed by atoms with E-state index < -0.39 is 0 Å². The van der Waals surface area contributed by atoms with Crippen LogP contribution in [0.1, 0.15) is 77.3 Å². The van der Waals surface area contributed by atoms with E-state index in [9.17, 15) is 14.9 Å². The fourth-order valence-corrected chi connectivity index (χ4v) is 7.61. The minimum atomic E-state index is -0.139. The zero-order chi connectivity index (χ0) is 20.8. The molecule has 1 atom stereocenters. The standard InChI is InChI=1S/C24H24N2O2S2/c1-14-10-11-29-23(14)16-12-21(28)26(18-7-5-8-19(27)22(16)18)24-17(13-25)15-6-3-2-4-9-20(15)30-24/h10-11,16H,2-9,12H2,1H3. The van der Waals surface area contributed by atoms with Gasteiger partial charge in [0.2, 0.25) is 5.91 Å². The molecule has 5 rings (SSSR count). The molecular weight excluding hydrogens is 412 g/mol. The summed E-state index contributed by atoms with van der Waals surface area (Å²) in [5.41, 5.74) is 4.63. The number of carbonyl (C=O) groups excluding carboxylic acids is 2. The van der Waals surface area contributed by atoms with Crippen LogP contribution in [-0.2, 0) is 22.4 Å². The summed E-state index contributed by atoms with van der Waals surface area (Å²) >= 11 is 3.25. The first-order chi connectivity index (χ1) is 14.6. The lowest BCUT2D eigenvalue weighted by Crippen LogP contribution is -2.40. The van der Waals surface area contributed by atoms with Crippen LogP contribution in [-0.4, -0.2) is 11.7 Å². The molecule has 1 amide bonds. The first-order valence-corrected chi connectivity index (χ1v) is 12.5. The van der Waals surface area contributed by atoms with Crippen LogP contribution in [0.25, 0.3) is 0 Å². The maximum Gasteiger partial charge on any atom is 0.232 e. The highest BCUT2D eigenvalue weighted by molar-refractivity contribution is 7.16. The quantitative estimate of drug-likeness (QED) is 0.560. The Morgan fingerprint density at radius 3 is 2.70 bits per heavy atom. The van der Waals surface area contributed by atoms with Gasteiger partial charge < -0.3 is 0 Å². The van der Waals surface area contributed by atoms with Crippen LogP contribution in [0.5, 0.6) is 0 Å². The zero-order valence-corrected chi connectivity index (χ0v) is 18.8. The Kier molecular flexibility index (Phi) is 5.12. The molecule has 3 aliphatic rings. The molecule has 30 heavy (non-hydrogen) atoms. The van der Waals surface area contributed by atoms with Crippen molar-refractivity contribution in [3.8, 4) is 6.07 Å². The number of hydrogen-bond donors (Lipinski definition) is 0. The number of rotatable bonds is 2. The summed E-state index contributed by atoms with van der Waals surface area (Å²) in [7, 11) is 0. The summed E-state index contributed by atoms with van der Waals surface area (Å²) in [5, 5.41) is 12.8. The van der Waals surface area contributed by atoms with Crippen molar-refractivity contribution in [2.75, 3.05) is 4.90 Å². The van der Waals surface area contributed by atoms with E-state index >= 15 is 0 Å². The molecule has 1 unspecified atom stereocenters. The molecule has 2 aromatic heterocycles. The highest BCUT2D eigenvalue weighted by atomic mass is 32.1. The van der Waals surface area contributed by atoms with Crippen LogP contribution in [0.15, 0.2) is 22.7 Å². The van der Waals surface area contributed by atoms with Crippen LogP contribution in [0.4, 0.5) is 5.00 Å². The number of nitriles is 1. The van der Waals surface area contributed by atoms with Crippen molar-refractivity contribution in [3.63, 3.8) is 0 Å². The predicted molar refractivity (Wildman–Crippen MR) is 120 cm³/mol. The number of allylic oxidation sites excluding steroid dienone is 2. The maximum absolute atomic E-state index is 13.5. The first-order valence-electron chi connectivity index (χ1n) is 10.8. The van der Waals surface area contributed by atoms with Crippen molar-refractivity contribution in [1.82, 2.24) is 0 Å². The molecule has 0 fully saturated rings. The second kappa shape index (κ2) is 7.79. The second-order valence-corrected chi connectivity index (χ2v) is 10.5. The normalized spacial score (nSPS) is 21.9. The average Bonchev–Trinajstić information content (AvgIpc) is 3.22. The number of fused-ring (bicyclic) bond motifs is 1. The lowest BCUT2D eigenvalue weighted by molar-refractivity contribution is -0.119. The number of hydrogen-bond acceptors (Lipinski definition) is 5. The Balaban J connectivity index is 1.68. The summed E-state index contributed by atoms with van der Waals surface area (Å²) in [4.78, 5) is 30.7. The monoisotopic (exact) mass is 436 g/mol. The molecule has 0 saturated heterocycles. The summed E-state index contributed by atoms with van der Waals surface area (Å²) in [5.74, 6) is 0.0530. The molecule has 6 heteroatoms. The zero-order valence-electron chi connectivity index (χ0n) is 17.1. The molecule has 2 aliphatic carbocycles.